The van der Waals surface area contributed by atoms with Crippen LogP contribution in [0.25, 0.3) is 0 Å². The molecule has 0 aliphatic heterocycles. The summed E-state index contributed by atoms with van der Waals surface area (Å²) < 4.78 is 10.7. The van der Waals surface area contributed by atoms with E-state index in [1.54, 1.807) is 13.4 Å². The molecule has 0 fully saturated rings. The molecule has 1 aromatic heterocycles. The first kappa shape index (κ1) is 19.1. The molecule has 25 heavy (non-hydrogen) atoms. The number of carbonyl (C=O) groups excluding carboxylic acids is 1. The SMILES string of the molecule is CCC(=O)N(CC[C@@H](c1ccc(OC)cc1)C(C)C)Cc1ccco1. The summed E-state index contributed by atoms with van der Waals surface area (Å²) in [7, 11) is 1.68. The third-order valence-corrected chi connectivity index (χ3v) is 4.64. The molecule has 1 aromatic carbocycles. The van der Waals surface area contributed by atoms with Gasteiger partial charge in [-0.2, -0.15) is 0 Å². The average Bonchev–Trinajstić information content (AvgIpc) is 3.13. The lowest BCUT2D eigenvalue weighted by atomic mass is 9.85. The summed E-state index contributed by atoms with van der Waals surface area (Å²) in [5.74, 6) is 2.75. The maximum Gasteiger partial charge on any atom is 0.222 e. The Labute approximate surface area is 150 Å². The number of amides is 1. The number of nitrogens with zero attached hydrogens (tertiary/aromatic N) is 1. The highest BCUT2D eigenvalue weighted by Crippen LogP contribution is 2.29. The molecule has 1 amide bonds. The number of hydrogen-bond donors (Lipinski definition) is 0. The third-order valence-electron chi connectivity index (χ3n) is 4.64. The molecule has 1 atom stereocenters. The lowest BCUT2D eigenvalue weighted by Crippen LogP contribution is -2.32. The van der Waals surface area contributed by atoms with Crippen molar-refractivity contribution in [2.24, 2.45) is 5.92 Å². The maximum atomic E-state index is 12.3. The van der Waals surface area contributed by atoms with E-state index in [9.17, 15) is 4.79 Å². The van der Waals surface area contributed by atoms with E-state index in [1.165, 1.54) is 5.56 Å². The minimum atomic E-state index is 0.161. The number of rotatable bonds is 9. The number of furan rings is 1. The second-order valence-electron chi connectivity index (χ2n) is 6.66. The van der Waals surface area contributed by atoms with Crippen molar-refractivity contribution in [3.05, 3.63) is 54.0 Å². The smallest absolute Gasteiger partial charge is 0.222 e. The quantitative estimate of drug-likeness (QED) is 0.653. The van der Waals surface area contributed by atoms with Crippen molar-refractivity contribution in [3.63, 3.8) is 0 Å². The molecule has 4 heteroatoms. The topological polar surface area (TPSA) is 42.7 Å². The minimum Gasteiger partial charge on any atom is -0.497 e. The summed E-state index contributed by atoms with van der Waals surface area (Å²) in [6.45, 7) is 7.62. The van der Waals surface area contributed by atoms with E-state index in [0.29, 0.717) is 24.8 Å². The summed E-state index contributed by atoms with van der Waals surface area (Å²) in [6, 6.07) is 12.0. The first-order chi connectivity index (χ1) is 12.0. The van der Waals surface area contributed by atoms with Gasteiger partial charge in [0.2, 0.25) is 5.91 Å². The normalized spacial score (nSPS) is 12.2. The minimum absolute atomic E-state index is 0.161. The molecule has 0 unspecified atom stereocenters. The van der Waals surface area contributed by atoms with Crippen LogP contribution in [-0.4, -0.2) is 24.5 Å². The van der Waals surface area contributed by atoms with E-state index in [-0.39, 0.29) is 5.91 Å². The van der Waals surface area contributed by atoms with Gasteiger partial charge in [0.25, 0.3) is 0 Å². The van der Waals surface area contributed by atoms with Gasteiger partial charge < -0.3 is 14.1 Å². The molecule has 4 nitrogen and oxygen atoms in total. The van der Waals surface area contributed by atoms with Crippen LogP contribution in [0.5, 0.6) is 5.75 Å². The highest BCUT2D eigenvalue weighted by molar-refractivity contribution is 5.75. The van der Waals surface area contributed by atoms with E-state index in [2.05, 4.69) is 26.0 Å². The average molecular weight is 343 g/mol. The van der Waals surface area contributed by atoms with Crippen LogP contribution in [0.2, 0.25) is 0 Å². The molecule has 0 aliphatic carbocycles. The first-order valence-electron chi connectivity index (χ1n) is 8.99. The molecule has 0 saturated heterocycles. The highest BCUT2D eigenvalue weighted by Gasteiger charge is 2.20. The van der Waals surface area contributed by atoms with Crippen molar-refractivity contribution >= 4 is 5.91 Å². The fourth-order valence-corrected chi connectivity index (χ4v) is 3.14. The van der Waals surface area contributed by atoms with Gasteiger partial charge >= 0.3 is 0 Å². The largest absolute Gasteiger partial charge is 0.497 e. The Morgan fingerprint density at radius 2 is 1.92 bits per heavy atom. The number of ether oxygens (including phenoxy) is 1. The maximum absolute atomic E-state index is 12.3. The van der Waals surface area contributed by atoms with Crippen molar-refractivity contribution in [3.8, 4) is 5.75 Å². The van der Waals surface area contributed by atoms with E-state index in [4.69, 9.17) is 9.15 Å². The van der Waals surface area contributed by atoms with E-state index >= 15 is 0 Å². The second-order valence-corrected chi connectivity index (χ2v) is 6.66. The van der Waals surface area contributed by atoms with Crippen LogP contribution in [0.1, 0.15) is 50.9 Å². The third kappa shape index (κ3) is 5.38. The summed E-state index contributed by atoms with van der Waals surface area (Å²) >= 11 is 0. The van der Waals surface area contributed by atoms with Crippen molar-refractivity contribution in [2.45, 2.75) is 46.1 Å². The predicted octanol–water partition coefficient (Wildman–Crippen LogP) is 4.86. The van der Waals surface area contributed by atoms with Gasteiger partial charge in [-0.3, -0.25) is 4.79 Å². The Kier molecular flexibility index (Phi) is 7.11. The van der Waals surface area contributed by atoms with Gasteiger partial charge in [0.05, 0.1) is 19.9 Å². The molecule has 0 saturated carbocycles. The fourth-order valence-electron chi connectivity index (χ4n) is 3.14. The summed E-state index contributed by atoms with van der Waals surface area (Å²) in [5, 5.41) is 0. The van der Waals surface area contributed by atoms with Crippen molar-refractivity contribution in [1.82, 2.24) is 4.90 Å². The van der Waals surface area contributed by atoms with Crippen LogP contribution in [-0.2, 0) is 11.3 Å². The Morgan fingerprint density at radius 1 is 1.20 bits per heavy atom. The predicted molar refractivity (Wildman–Crippen MR) is 99.6 cm³/mol. The molecule has 0 radical (unpaired) electrons. The molecule has 2 rings (SSSR count). The van der Waals surface area contributed by atoms with Gasteiger partial charge in [0.1, 0.15) is 11.5 Å². The zero-order valence-corrected chi connectivity index (χ0v) is 15.7. The molecule has 0 aliphatic rings. The number of hydrogen-bond acceptors (Lipinski definition) is 3. The van der Waals surface area contributed by atoms with Crippen LogP contribution in [0, 0.1) is 5.92 Å². The van der Waals surface area contributed by atoms with E-state index < -0.39 is 0 Å². The molecule has 0 spiro atoms. The fraction of sp³-hybridized carbons (Fsp3) is 0.476. The van der Waals surface area contributed by atoms with Crippen LogP contribution < -0.4 is 4.74 Å². The van der Waals surface area contributed by atoms with Gasteiger partial charge in [0, 0.05) is 13.0 Å². The summed E-state index contributed by atoms with van der Waals surface area (Å²) in [4.78, 5) is 14.2. The lowest BCUT2D eigenvalue weighted by Gasteiger charge is -2.27. The van der Waals surface area contributed by atoms with Crippen molar-refractivity contribution in [1.29, 1.82) is 0 Å². The van der Waals surface area contributed by atoms with Crippen LogP contribution in [0.3, 0.4) is 0 Å². The zero-order chi connectivity index (χ0) is 18.2. The summed E-state index contributed by atoms with van der Waals surface area (Å²) in [5.41, 5.74) is 1.29. The molecule has 2 aromatic rings. The lowest BCUT2D eigenvalue weighted by molar-refractivity contribution is -0.131. The summed E-state index contributed by atoms with van der Waals surface area (Å²) in [6.07, 6.45) is 3.09. The zero-order valence-electron chi connectivity index (χ0n) is 15.7. The van der Waals surface area contributed by atoms with Crippen LogP contribution >= 0.6 is 0 Å². The standard InChI is InChI=1S/C21H29NO3/c1-5-21(23)22(15-19-7-6-14-25-19)13-12-20(16(2)3)17-8-10-18(24-4)11-9-17/h6-11,14,16,20H,5,12-13,15H2,1-4H3/t20-/m1/s1. The Morgan fingerprint density at radius 3 is 2.44 bits per heavy atom. The molecule has 0 N–H and O–H groups in total. The monoisotopic (exact) mass is 343 g/mol. The molecular formula is C21H29NO3. The van der Waals surface area contributed by atoms with Gasteiger partial charge in [0.15, 0.2) is 0 Å². The van der Waals surface area contributed by atoms with Gasteiger partial charge in [-0.1, -0.05) is 32.9 Å². The van der Waals surface area contributed by atoms with Gasteiger partial charge in [-0.15, -0.1) is 0 Å². The highest BCUT2D eigenvalue weighted by atomic mass is 16.5. The molecular weight excluding hydrogens is 314 g/mol. The molecule has 0 bridgehead atoms. The van der Waals surface area contributed by atoms with E-state index in [1.807, 2.05) is 36.1 Å². The van der Waals surface area contributed by atoms with Gasteiger partial charge in [-0.25, -0.2) is 0 Å². The van der Waals surface area contributed by atoms with Crippen molar-refractivity contribution < 1.29 is 13.9 Å². The Bertz CT molecular complexity index is 632. The van der Waals surface area contributed by atoms with Crippen LogP contribution in [0.15, 0.2) is 47.1 Å². The van der Waals surface area contributed by atoms with Gasteiger partial charge in [-0.05, 0) is 48.1 Å². The van der Waals surface area contributed by atoms with Crippen LogP contribution in [0.4, 0.5) is 0 Å². The number of benzene rings is 1. The van der Waals surface area contributed by atoms with E-state index in [0.717, 1.165) is 24.5 Å². The molecule has 136 valence electrons. The Hall–Kier alpha value is -2.23. The Balaban J connectivity index is 2.06. The molecule has 1 heterocycles. The second kappa shape index (κ2) is 9.30. The van der Waals surface area contributed by atoms with Crippen molar-refractivity contribution in [2.75, 3.05) is 13.7 Å². The number of methoxy groups -OCH3 is 1. The first-order valence-corrected chi connectivity index (χ1v) is 8.99. The number of carbonyl (C=O) groups is 1.